The van der Waals surface area contributed by atoms with Crippen LogP contribution in [-0.2, 0) is 20.8 Å². The first-order chi connectivity index (χ1) is 13.7. The average molecular weight is 439 g/mol. The number of carbonyl (C=O) groups is 3. The molecule has 0 fully saturated rings. The number of nitrogens with two attached hydrogens (primary N) is 1. The van der Waals surface area contributed by atoms with Gasteiger partial charge in [0.1, 0.15) is 6.04 Å². The molecule has 1 aromatic rings. The molecule has 1 rings (SSSR count). The van der Waals surface area contributed by atoms with E-state index in [0.717, 1.165) is 16.9 Å². The maximum Gasteiger partial charge on any atom is 0.327 e. The number of nitrogens with zero attached hydrogens (tertiary/aromatic N) is 1. The molecule has 0 spiro atoms. The highest BCUT2D eigenvalue weighted by Crippen LogP contribution is 2.19. The van der Waals surface area contributed by atoms with Crippen molar-refractivity contribution in [3.05, 3.63) is 35.4 Å². The van der Waals surface area contributed by atoms with E-state index in [9.17, 15) is 19.5 Å². The number of carbonyl (C=O) groups excluding carboxylic acids is 2. The van der Waals surface area contributed by atoms with Crippen LogP contribution in [0, 0.1) is 0 Å². The van der Waals surface area contributed by atoms with Gasteiger partial charge in [0.15, 0.2) is 0 Å². The third-order valence-corrected chi connectivity index (χ3v) is 5.47. The molecule has 0 aliphatic carbocycles. The monoisotopic (exact) mass is 438 g/mol. The van der Waals surface area contributed by atoms with Crippen LogP contribution in [0.5, 0.6) is 0 Å². The second-order valence-corrected chi connectivity index (χ2v) is 8.46. The Bertz CT molecular complexity index is 739. The van der Waals surface area contributed by atoms with Gasteiger partial charge in [0.25, 0.3) is 0 Å². The Hall–Kier alpha value is -1.77. The van der Waals surface area contributed by atoms with Crippen molar-refractivity contribution in [3.8, 4) is 0 Å². The Morgan fingerprint density at radius 1 is 1.28 bits per heavy atom. The average Bonchev–Trinajstić information content (AvgIpc) is 2.69. The van der Waals surface area contributed by atoms with E-state index < -0.39 is 29.9 Å². The molecule has 0 aromatic heterocycles. The van der Waals surface area contributed by atoms with Gasteiger partial charge in [-0.3, -0.25) is 14.5 Å². The standard InChI is InChI=1S/C21H30N2O4S2/c1-4-5-10-19(24)23(20(25)17(22)11-12-29-3)18(21(26)27)13-15-8-6-7-9-16(15)14(2)28/h6-9,17-18H,4-5,10-13,22H2,1-3H3,(H,26,27). The van der Waals surface area contributed by atoms with Crippen LogP contribution in [0.1, 0.15) is 50.7 Å². The molecule has 0 saturated carbocycles. The summed E-state index contributed by atoms with van der Waals surface area (Å²) < 4.78 is 0. The zero-order valence-electron chi connectivity index (χ0n) is 17.2. The number of thioether (sulfide) groups is 1. The zero-order valence-corrected chi connectivity index (χ0v) is 18.9. The van der Waals surface area contributed by atoms with Gasteiger partial charge in [-0.25, -0.2) is 4.79 Å². The number of aliphatic carboxylic acids is 1. The molecule has 2 amide bonds. The summed E-state index contributed by atoms with van der Waals surface area (Å²) in [7, 11) is 0. The number of imide groups is 1. The van der Waals surface area contributed by atoms with E-state index >= 15 is 0 Å². The predicted molar refractivity (Wildman–Crippen MR) is 121 cm³/mol. The van der Waals surface area contributed by atoms with Crippen molar-refractivity contribution in [3.63, 3.8) is 0 Å². The minimum absolute atomic E-state index is 0.0155. The quantitative estimate of drug-likeness (QED) is 0.382. The highest BCUT2D eigenvalue weighted by Gasteiger charge is 2.37. The van der Waals surface area contributed by atoms with Crippen LogP contribution in [0.25, 0.3) is 0 Å². The summed E-state index contributed by atoms with van der Waals surface area (Å²) in [6.07, 6.45) is 3.70. The highest BCUT2D eigenvalue weighted by molar-refractivity contribution is 7.98. The van der Waals surface area contributed by atoms with Gasteiger partial charge in [-0.1, -0.05) is 49.8 Å². The van der Waals surface area contributed by atoms with Crippen molar-refractivity contribution in [2.75, 3.05) is 12.0 Å². The number of benzene rings is 1. The number of thiocarbonyl (C=S) groups is 1. The molecule has 0 radical (unpaired) electrons. The SMILES string of the molecule is CCCCC(=O)N(C(=O)C(N)CCSC)C(Cc1ccccc1C(C)=S)C(=O)O. The summed E-state index contributed by atoms with van der Waals surface area (Å²) in [6, 6.07) is 4.93. The van der Waals surface area contributed by atoms with Crippen molar-refractivity contribution in [1.29, 1.82) is 0 Å². The number of rotatable bonds is 12. The van der Waals surface area contributed by atoms with Gasteiger partial charge in [0.05, 0.1) is 6.04 Å². The fourth-order valence-corrected chi connectivity index (χ4v) is 3.67. The first-order valence-corrected chi connectivity index (χ1v) is 11.5. The molecule has 0 bridgehead atoms. The van der Waals surface area contributed by atoms with Crippen LogP contribution in [0.15, 0.2) is 24.3 Å². The normalized spacial score (nSPS) is 12.8. The van der Waals surface area contributed by atoms with Gasteiger partial charge < -0.3 is 10.8 Å². The van der Waals surface area contributed by atoms with E-state index in [1.807, 2.05) is 25.3 Å². The molecular weight excluding hydrogens is 408 g/mol. The summed E-state index contributed by atoms with van der Waals surface area (Å²) in [5, 5.41) is 9.89. The smallest absolute Gasteiger partial charge is 0.327 e. The van der Waals surface area contributed by atoms with E-state index in [4.69, 9.17) is 18.0 Å². The molecule has 3 N–H and O–H groups in total. The van der Waals surface area contributed by atoms with E-state index in [2.05, 4.69) is 0 Å². The van der Waals surface area contributed by atoms with Crippen molar-refractivity contribution >= 4 is 46.6 Å². The third-order valence-electron chi connectivity index (χ3n) is 4.61. The van der Waals surface area contributed by atoms with E-state index in [0.29, 0.717) is 29.0 Å². The van der Waals surface area contributed by atoms with Gasteiger partial charge in [-0.15, -0.1) is 0 Å². The molecule has 0 saturated heterocycles. The Kier molecular flexibility index (Phi) is 11.1. The largest absolute Gasteiger partial charge is 0.480 e. The van der Waals surface area contributed by atoms with Crippen molar-refractivity contribution < 1.29 is 19.5 Å². The lowest BCUT2D eigenvalue weighted by Gasteiger charge is -2.30. The summed E-state index contributed by atoms with van der Waals surface area (Å²) in [5.74, 6) is -1.73. The lowest BCUT2D eigenvalue weighted by Crippen LogP contribution is -2.55. The van der Waals surface area contributed by atoms with Crippen LogP contribution < -0.4 is 5.73 Å². The molecule has 160 valence electrons. The van der Waals surface area contributed by atoms with Gasteiger partial charge >= 0.3 is 5.97 Å². The number of hydrogen-bond donors (Lipinski definition) is 2. The summed E-state index contributed by atoms with van der Waals surface area (Å²) >= 11 is 6.80. The molecule has 0 heterocycles. The van der Waals surface area contributed by atoms with Gasteiger partial charge in [-0.05, 0) is 42.9 Å². The second kappa shape index (κ2) is 12.7. The third kappa shape index (κ3) is 7.53. The molecule has 2 atom stereocenters. The van der Waals surface area contributed by atoms with Gasteiger partial charge in [0, 0.05) is 17.7 Å². The fourth-order valence-electron chi connectivity index (χ4n) is 2.98. The molecule has 0 aliphatic rings. The minimum atomic E-state index is -1.33. The lowest BCUT2D eigenvalue weighted by atomic mass is 9.96. The Morgan fingerprint density at radius 2 is 1.93 bits per heavy atom. The highest BCUT2D eigenvalue weighted by atomic mass is 32.2. The summed E-state index contributed by atoms with van der Waals surface area (Å²) in [6.45, 7) is 3.69. The number of hydrogen-bond acceptors (Lipinski definition) is 6. The van der Waals surface area contributed by atoms with Crippen LogP contribution in [0.3, 0.4) is 0 Å². The number of amides is 2. The Balaban J connectivity index is 3.29. The topological polar surface area (TPSA) is 101 Å². The molecule has 1 aromatic carbocycles. The van der Waals surface area contributed by atoms with Crippen LogP contribution in [-0.4, -0.2) is 56.7 Å². The first-order valence-electron chi connectivity index (χ1n) is 9.66. The Morgan fingerprint density at radius 3 is 2.48 bits per heavy atom. The molecule has 0 aliphatic heterocycles. The van der Waals surface area contributed by atoms with Crippen molar-refractivity contribution in [2.24, 2.45) is 5.73 Å². The fraction of sp³-hybridized carbons (Fsp3) is 0.524. The predicted octanol–water partition coefficient (Wildman–Crippen LogP) is 3.05. The van der Waals surface area contributed by atoms with E-state index in [-0.39, 0.29) is 12.8 Å². The maximum atomic E-state index is 13.0. The van der Waals surface area contributed by atoms with Crippen LogP contribution in [0.2, 0.25) is 0 Å². The zero-order chi connectivity index (χ0) is 22.0. The van der Waals surface area contributed by atoms with Crippen LogP contribution in [0.4, 0.5) is 0 Å². The van der Waals surface area contributed by atoms with Crippen molar-refractivity contribution in [2.45, 2.75) is 58.0 Å². The Labute approximate surface area is 182 Å². The lowest BCUT2D eigenvalue weighted by molar-refractivity contribution is -0.158. The van der Waals surface area contributed by atoms with Gasteiger partial charge in [0.2, 0.25) is 11.8 Å². The first kappa shape index (κ1) is 25.3. The summed E-state index contributed by atoms with van der Waals surface area (Å²) in [4.78, 5) is 39.4. The number of carboxylic acid groups (broad SMARTS) is 1. The molecule has 6 nitrogen and oxygen atoms in total. The van der Waals surface area contributed by atoms with Gasteiger partial charge in [-0.2, -0.15) is 11.8 Å². The van der Waals surface area contributed by atoms with E-state index in [1.165, 1.54) is 11.8 Å². The number of unbranched alkanes of at least 4 members (excludes halogenated alkanes) is 1. The second-order valence-electron chi connectivity index (χ2n) is 6.86. The molecule has 8 heteroatoms. The van der Waals surface area contributed by atoms with Crippen LogP contribution >= 0.6 is 24.0 Å². The molecular formula is C21H30N2O4S2. The maximum absolute atomic E-state index is 13.0. The number of carboxylic acids is 1. The van der Waals surface area contributed by atoms with E-state index in [1.54, 1.807) is 19.1 Å². The molecule has 2 unspecified atom stereocenters. The minimum Gasteiger partial charge on any atom is -0.480 e. The van der Waals surface area contributed by atoms with Crippen molar-refractivity contribution in [1.82, 2.24) is 4.90 Å². The molecule has 29 heavy (non-hydrogen) atoms. The summed E-state index contributed by atoms with van der Waals surface area (Å²) in [5.41, 5.74) is 7.44.